The molecule has 0 saturated carbocycles. The molecule has 2 aromatic carbocycles. The van der Waals surface area contributed by atoms with E-state index in [1.54, 1.807) is 42.5 Å². The third-order valence-electron chi connectivity index (χ3n) is 3.40. The standard InChI is InChI=1S/C18H13BrF3N3O/c19-14-8-4-5-9-15(14)24-17-23-10-13(18(20,21)22)16(25-17)26-11-12-6-2-1-3-7-12/h1-10H,11H2,(H,23,24,25). The minimum absolute atomic E-state index is 0.00737. The van der Waals surface area contributed by atoms with Crippen LogP contribution in [0.5, 0.6) is 5.88 Å². The van der Waals surface area contributed by atoms with E-state index in [2.05, 4.69) is 31.2 Å². The molecule has 134 valence electrons. The number of hydrogen-bond donors (Lipinski definition) is 1. The number of ether oxygens (including phenoxy) is 1. The number of para-hydroxylation sites is 1. The zero-order valence-corrected chi connectivity index (χ0v) is 14.9. The van der Waals surface area contributed by atoms with Gasteiger partial charge in [-0.3, -0.25) is 0 Å². The van der Waals surface area contributed by atoms with E-state index in [0.717, 1.165) is 10.0 Å². The summed E-state index contributed by atoms with van der Waals surface area (Å²) >= 11 is 3.35. The SMILES string of the molecule is FC(F)(F)c1cnc(Nc2ccccc2Br)nc1OCc1ccccc1. The maximum Gasteiger partial charge on any atom is 0.423 e. The Kier molecular flexibility index (Phi) is 5.41. The average molecular weight is 424 g/mol. The Morgan fingerprint density at radius 2 is 1.69 bits per heavy atom. The molecule has 1 heterocycles. The van der Waals surface area contributed by atoms with Crippen molar-refractivity contribution in [2.75, 3.05) is 5.32 Å². The molecule has 1 aromatic heterocycles. The van der Waals surface area contributed by atoms with Crippen LogP contribution in [0.3, 0.4) is 0 Å². The summed E-state index contributed by atoms with van der Waals surface area (Å²) in [7, 11) is 0. The summed E-state index contributed by atoms with van der Waals surface area (Å²) in [6.45, 7) is -0.0323. The van der Waals surface area contributed by atoms with Gasteiger partial charge >= 0.3 is 6.18 Å². The van der Waals surface area contributed by atoms with Crippen LogP contribution in [0.2, 0.25) is 0 Å². The van der Waals surface area contributed by atoms with Crippen molar-refractivity contribution >= 4 is 27.6 Å². The molecule has 8 heteroatoms. The van der Waals surface area contributed by atoms with Crippen LogP contribution in [0.1, 0.15) is 11.1 Å². The molecule has 0 aliphatic carbocycles. The van der Waals surface area contributed by atoms with Gasteiger partial charge < -0.3 is 10.1 Å². The minimum atomic E-state index is -4.61. The Balaban J connectivity index is 1.87. The van der Waals surface area contributed by atoms with Crippen molar-refractivity contribution in [1.29, 1.82) is 0 Å². The predicted molar refractivity (Wildman–Crippen MR) is 95.2 cm³/mol. The Labute approximate surface area is 156 Å². The van der Waals surface area contributed by atoms with Gasteiger partial charge in [0.2, 0.25) is 11.8 Å². The molecule has 0 aliphatic heterocycles. The van der Waals surface area contributed by atoms with E-state index in [0.29, 0.717) is 11.9 Å². The molecule has 3 aromatic rings. The quantitative estimate of drug-likeness (QED) is 0.581. The van der Waals surface area contributed by atoms with E-state index >= 15 is 0 Å². The topological polar surface area (TPSA) is 47.0 Å². The van der Waals surface area contributed by atoms with Gasteiger partial charge in [0.1, 0.15) is 12.2 Å². The lowest BCUT2D eigenvalue weighted by Crippen LogP contribution is -2.12. The van der Waals surface area contributed by atoms with Crippen LogP contribution < -0.4 is 10.1 Å². The first-order chi connectivity index (χ1) is 12.4. The molecule has 0 atom stereocenters. The molecule has 0 amide bonds. The largest absolute Gasteiger partial charge is 0.472 e. The Morgan fingerprint density at radius 3 is 2.38 bits per heavy atom. The van der Waals surface area contributed by atoms with Gasteiger partial charge in [-0.2, -0.15) is 18.2 Å². The number of nitrogens with one attached hydrogen (secondary N) is 1. The van der Waals surface area contributed by atoms with Crippen molar-refractivity contribution in [1.82, 2.24) is 9.97 Å². The molecule has 0 spiro atoms. The summed E-state index contributed by atoms with van der Waals surface area (Å²) in [5, 5.41) is 2.87. The van der Waals surface area contributed by atoms with E-state index in [-0.39, 0.29) is 12.6 Å². The van der Waals surface area contributed by atoms with Crippen LogP contribution >= 0.6 is 15.9 Å². The summed E-state index contributed by atoms with van der Waals surface area (Å²) in [6, 6.07) is 16.0. The summed E-state index contributed by atoms with van der Waals surface area (Å²) in [5.41, 5.74) is 0.340. The lowest BCUT2D eigenvalue weighted by molar-refractivity contribution is -0.139. The second-order valence-corrected chi connectivity index (χ2v) is 6.14. The highest BCUT2D eigenvalue weighted by atomic mass is 79.9. The lowest BCUT2D eigenvalue weighted by atomic mass is 10.2. The lowest BCUT2D eigenvalue weighted by Gasteiger charge is -2.14. The zero-order valence-electron chi connectivity index (χ0n) is 13.3. The summed E-state index contributed by atoms with van der Waals surface area (Å²) < 4.78 is 45.7. The van der Waals surface area contributed by atoms with Crippen molar-refractivity contribution in [3.63, 3.8) is 0 Å². The minimum Gasteiger partial charge on any atom is -0.472 e. The molecule has 0 unspecified atom stereocenters. The van der Waals surface area contributed by atoms with Crippen molar-refractivity contribution in [3.05, 3.63) is 76.4 Å². The highest BCUT2D eigenvalue weighted by molar-refractivity contribution is 9.10. The number of aromatic nitrogens is 2. The normalized spacial score (nSPS) is 11.2. The first kappa shape index (κ1) is 18.2. The maximum absolute atomic E-state index is 13.2. The molecule has 0 bridgehead atoms. The zero-order chi connectivity index (χ0) is 18.6. The van der Waals surface area contributed by atoms with Gasteiger partial charge in [0.15, 0.2) is 0 Å². The molecular weight excluding hydrogens is 411 g/mol. The second kappa shape index (κ2) is 7.74. The Hall–Kier alpha value is -2.61. The number of anilines is 2. The number of hydrogen-bond acceptors (Lipinski definition) is 4. The number of benzene rings is 2. The van der Waals surface area contributed by atoms with E-state index in [1.165, 1.54) is 0 Å². The molecule has 0 radical (unpaired) electrons. The molecule has 0 aliphatic rings. The Bertz CT molecular complexity index is 888. The predicted octanol–water partition coefficient (Wildman–Crippen LogP) is 5.58. The summed E-state index contributed by atoms with van der Waals surface area (Å²) in [5.74, 6) is -0.515. The molecule has 1 N–H and O–H groups in total. The molecular formula is C18H13BrF3N3O. The van der Waals surface area contributed by atoms with Crippen LogP contribution in [0.25, 0.3) is 0 Å². The fourth-order valence-electron chi connectivity index (χ4n) is 2.14. The Morgan fingerprint density at radius 1 is 1.00 bits per heavy atom. The highest BCUT2D eigenvalue weighted by Crippen LogP contribution is 2.36. The van der Waals surface area contributed by atoms with Crippen molar-refractivity contribution < 1.29 is 17.9 Å². The maximum atomic E-state index is 13.2. The molecule has 0 saturated heterocycles. The number of rotatable bonds is 5. The van der Waals surface area contributed by atoms with Crippen molar-refractivity contribution in [2.24, 2.45) is 0 Å². The van der Waals surface area contributed by atoms with Crippen LogP contribution in [-0.2, 0) is 12.8 Å². The van der Waals surface area contributed by atoms with Crippen molar-refractivity contribution in [2.45, 2.75) is 12.8 Å². The average Bonchev–Trinajstić information content (AvgIpc) is 2.62. The van der Waals surface area contributed by atoms with E-state index in [9.17, 15) is 13.2 Å². The fourth-order valence-corrected chi connectivity index (χ4v) is 2.52. The van der Waals surface area contributed by atoms with Gasteiger partial charge in [-0.25, -0.2) is 4.98 Å². The van der Waals surface area contributed by atoms with Crippen LogP contribution in [0, 0.1) is 0 Å². The van der Waals surface area contributed by atoms with E-state index < -0.39 is 17.6 Å². The monoisotopic (exact) mass is 423 g/mol. The highest BCUT2D eigenvalue weighted by Gasteiger charge is 2.36. The molecule has 26 heavy (non-hydrogen) atoms. The summed E-state index contributed by atoms with van der Waals surface area (Å²) in [4.78, 5) is 7.66. The fraction of sp³-hybridized carbons (Fsp3) is 0.111. The van der Waals surface area contributed by atoms with Crippen LogP contribution in [-0.4, -0.2) is 9.97 Å². The van der Waals surface area contributed by atoms with E-state index in [1.807, 2.05) is 12.1 Å². The summed E-state index contributed by atoms with van der Waals surface area (Å²) in [6.07, 6.45) is -3.90. The van der Waals surface area contributed by atoms with Crippen molar-refractivity contribution in [3.8, 4) is 5.88 Å². The number of halogens is 4. The van der Waals surface area contributed by atoms with Gasteiger partial charge in [0, 0.05) is 10.7 Å². The number of nitrogens with zero attached hydrogens (tertiary/aromatic N) is 2. The number of alkyl halides is 3. The van der Waals surface area contributed by atoms with Gasteiger partial charge in [0.05, 0.1) is 5.69 Å². The van der Waals surface area contributed by atoms with Gasteiger partial charge in [-0.15, -0.1) is 0 Å². The molecule has 4 nitrogen and oxygen atoms in total. The van der Waals surface area contributed by atoms with Gasteiger partial charge in [-0.1, -0.05) is 42.5 Å². The first-order valence-corrected chi connectivity index (χ1v) is 8.35. The third kappa shape index (κ3) is 4.51. The second-order valence-electron chi connectivity index (χ2n) is 5.29. The molecule has 0 fully saturated rings. The van der Waals surface area contributed by atoms with Crippen LogP contribution in [0.15, 0.2) is 65.3 Å². The smallest absolute Gasteiger partial charge is 0.423 e. The first-order valence-electron chi connectivity index (χ1n) is 7.56. The van der Waals surface area contributed by atoms with Crippen LogP contribution in [0.4, 0.5) is 24.8 Å². The third-order valence-corrected chi connectivity index (χ3v) is 4.09. The van der Waals surface area contributed by atoms with Gasteiger partial charge in [0.25, 0.3) is 0 Å². The molecule has 3 rings (SSSR count). The van der Waals surface area contributed by atoms with Gasteiger partial charge in [-0.05, 0) is 33.6 Å². The van der Waals surface area contributed by atoms with E-state index in [4.69, 9.17) is 4.74 Å².